The average Bonchev–Trinajstić information content (AvgIpc) is 2.38. The SMILES string of the molecule is COc1cccc(/C=C/c2ccc(Br)cc2O)c1. The van der Waals surface area contributed by atoms with E-state index in [0.29, 0.717) is 0 Å². The van der Waals surface area contributed by atoms with Crippen molar-refractivity contribution in [3.8, 4) is 11.5 Å². The van der Waals surface area contributed by atoms with Crippen LogP contribution in [0.2, 0.25) is 0 Å². The normalized spacial score (nSPS) is 10.8. The molecule has 0 aliphatic rings. The first-order valence-electron chi connectivity index (χ1n) is 5.50. The zero-order valence-electron chi connectivity index (χ0n) is 9.93. The maximum Gasteiger partial charge on any atom is 0.123 e. The molecule has 2 rings (SSSR count). The second-order valence-electron chi connectivity index (χ2n) is 3.81. The predicted octanol–water partition coefficient (Wildman–Crippen LogP) is 4.33. The topological polar surface area (TPSA) is 29.5 Å². The highest BCUT2D eigenvalue weighted by Gasteiger charge is 1.98. The second kappa shape index (κ2) is 5.74. The van der Waals surface area contributed by atoms with Gasteiger partial charge in [0, 0.05) is 10.0 Å². The highest BCUT2D eigenvalue weighted by molar-refractivity contribution is 9.10. The van der Waals surface area contributed by atoms with Crippen LogP contribution in [-0.2, 0) is 0 Å². The first kappa shape index (κ1) is 12.7. The van der Waals surface area contributed by atoms with E-state index in [1.165, 1.54) is 0 Å². The van der Waals surface area contributed by atoms with Crippen molar-refractivity contribution in [2.75, 3.05) is 7.11 Å². The van der Waals surface area contributed by atoms with Crippen LogP contribution in [0, 0.1) is 0 Å². The van der Waals surface area contributed by atoms with Gasteiger partial charge in [0.2, 0.25) is 0 Å². The smallest absolute Gasteiger partial charge is 0.123 e. The first-order valence-corrected chi connectivity index (χ1v) is 6.29. The maximum atomic E-state index is 9.76. The van der Waals surface area contributed by atoms with Crippen LogP contribution in [-0.4, -0.2) is 12.2 Å². The Bertz CT molecular complexity index is 576. The van der Waals surface area contributed by atoms with E-state index in [1.54, 1.807) is 13.2 Å². The lowest BCUT2D eigenvalue weighted by Crippen LogP contribution is -1.82. The van der Waals surface area contributed by atoms with Crippen molar-refractivity contribution in [1.82, 2.24) is 0 Å². The molecule has 0 aliphatic carbocycles. The van der Waals surface area contributed by atoms with Gasteiger partial charge in [-0.2, -0.15) is 0 Å². The molecule has 18 heavy (non-hydrogen) atoms. The lowest BCUT2D eigenvalue weighted by Gasteiger charge is -2.01. The summed E-state index contributed by atoms with van der Waals surface area (Å²) in [6.07, 6.45) is 3.81. The summed E-state index contributed by atoms with van der Waals surface area (Å²) in [6, 6.07) is 13.2. The Morgan fingerprint density at radius 2 is 1.94 bits per heavy atom. The van der Waals surface area contributed by atoms with Crippen molar-refractivity contribution >= 4 is 28.1 Å². The van der Waals surface area contributed by atoms with Gasteiger partial charge < -0.3 is 9.84 Å². The molecule has 0 aromatic heterocycles. The van der Waals surface area contributed by atoms with Crippen LogP contribution in [0.25, 0.3) is 12.2 Å². The molecule has 92 valence electrons. The summed E-state index contributed by atoms with van der Waals surface area (Å²) in [6.45, 7) is 0. The highest BCUT2D eigenvalue weighted by atomic mass is 79.9. The van der Waals surface area contributed by atoms with Crippen molar-refractivity contribution in [2.24, 2.45) is 0 Å². The van der Waals surface area contributed by atoms with Gasteiger partial charge in [0.15, 0.2) is 0 Å². The zero-order valence-corrected chi connectivity index (χ0v) is 11.5. The Balaban J connectivity index is 2.24. The van der Waals surface area contributed by atoms with E-state index in [1.807, 2.05) is 48.6 Å². The van der Waals surface area contributed by atoms with Gasteiger partial charge in [0.1, 0.15) is 11.5 Å². The van der Waals surface area contributed by atoms with E-state index in [-0.39, 0.29) is 5.75 Å². The molecule has 0 heterocycles. The van der Waals surface area contributed by atoms with Gasteiger partial charge in [0.05, 0.1) is 7.11 Å². The van der Waals surface area contributed by atoms with Crippen LogP contribution in [0.5, 0.6) is 11.5 Å². The molecule has 0 unspecified atom stereocenters. The summed E-state index contributed by atoms with van der Waals surface area (Å²) >= 11 is 3.31. The van der Waals surface area contributed by atoms with Gasteiger partial charge in [-0.05, 0) is 29.8 Å². The predicted molar refractivity (Wildman–Crippen MR) is 77.7 cm³/mol. The van der Waals surface area contributed by atoms with E-state index >= 15 is 0 Å². The number of benzene rings is 2. The van der Waals surface area contributed by atoms with Crippen molar-refractivity contribution in [3.63, 3.8) is 0 Å². The lowest BCUT2D eigenvalue weighted by molar-refractivity contribution is 0.414. The summed E-state index contributed by atoms with van der Waals surface area (Å²) in [7, 11) is 1.64. The zero-order chi connectivity index (χ0) is 13.0. The van der Waals surface area contributed by atoms with E-state index < -0.39 is 0 Å². The highest BCUT2D eigenvalue weighted by Crippen LogP contribution is 2.24. The Morgan fingerprint density at radius 3 is 2.67 bits per heavy atom. The minimum Gasteiger partial charge on any atom is -0.507 e. The standard InChI is InChI=1S/C15H13BrO2/c1-18-14-4-2-3-11(9-14)5-6-12-7-8-13(16)10-15(12)17/h2-10,17H,1H3/b6-5+. The fraction of sp³-hybridized carbons (Fsp3) is 0.0667. The second-order valence-corrected chi connectivity index (χ2v) is 4.73. The molecule has 0 saturated carbocycles. The fourth-order valence-electron chi connectivity index (χ4n) is 1.59. The van der Waals surface area contributed by atoms with Crippen molar-refractivity contribution in [3.05, 3.63) is 58.1 Å². The van der Waals surface area contributed by atoms with E-state index in [2.05, 4.69) is 15.9 Å². The third-order valence-electron chi connectivity index (χ3n) is 2.54. The molecule has 1 N–H and O–H groups in total. The molecular weight excluding hydrogens is 292 g/mol. The van der Waals surface area contributed by atoms with Crippen LogP contribution in [0.4, 0.5) is 0 Å². The van der Waals surface area contributed by atoms with E-state index in [4.69, 9.17) is 4.74 Å². The Kier molecular flexibility index (Phi) is 4.05. The van der Waals surface area contributed by atoms with E-state index in [9.17, 15) is 5.11 Å². The minimum absolute atomic E-state index is 0.253. The van der Waals surface area contributed by atoms with Gasteiger partial charge >= 0.3 is 0 Å². The van der Waals surface area contributed by atoms with Crippen LogP contribution >= 0.6 is 15.9 Å². The summed E-state index contributed by atoms with van der Waals surface area (Å²) in [5.41, 5.74) is 1.80. The van der Waals surface area contributed by atoms with E-state index in [0.717, 1.165) is 21.3 Å². The summed E-state index contributed by atoms with van der Waals surface area (Å²) in [5.74, 6) is 1.07. The summed E-state index contributed by atoms with van der Waals surface area (Å²) < 4.78 is 6.02. The van der Waals surface area contributed by atoms with Gasteiger partial charge in [-0.25, -0.2) is 0 Å². The number of ether oxygens (including phenoxy) is 1. The molecule has 0 amide bonds. The summed E-state index contributed by atoms with van der Waals surface area (Å²) in [5, 5.41) is 9.76. The largest absolute Gasteiger partial charge is 0.507 e. The number of aromatic hydroxyl groups is 1. The number of methoxy groups -OCH3 is 1. The Morgan fingerprint density at radius 1 is 1.11 bits per heavy atom. The Labute approximate surface area is 115 Å². The fourth-order valence-corrected chi connectivity index (χ4v) is 1.94. The molecule has 0 atom stereocenters. The molecule has 0 aliphatic heterocycles. The minimum atomic E-state index is 0.253. The van der Waals surface area contributed by atoms with Crippen molar-refractivity contribution in [2.45, 2.75) is 0 Å². The maximum absolute atomic E-state index is 9.76. The van der Waals surface area contributed by atoms with Crippen molar-refractivity contribution < 1.29 is 9.84 Å². The molecule has 3 heteroatoms. The molecule has 2 aromatic carbocycles. The number of phenolic OH excluding ortho intramolecular Hbond substituents is 1. The van der Waals surface area contributed by atoms with Crippen LogP contribution in [0.3, 0.4) is 0 Å². The first-order chi connectivity index (χ1) is 8.69. The van der Waals surface area contributed by atoms with Gasteiger partial charge in [-0.1, -0.05) is 46.3 Å². The van der Waals surface area contributed by atoms with Gasteiger partial charge in [0.25, 0.3) is 0 Å². The quantitative estimate of drug-likeness (QED) is 0.855. The number of hydrogen-bond donors (Lipinski definition) is 1. The van der Waals surface area contributed by atoms with Gasteiger partial charge in [-0.3, -0.25) is 0 Å². The third kappa shape index (κ3) is 3.14. The third-order valence-corrected chi connectivity index (χ3v) is 3.03. The molecule has 0 fully saturated rings. The van der Waals surface area contributed by atoms with Crippen molar-refractivity contribution in [1.29, 1.82) is 0 Å². The average molecular weight is 305 g/mol. The summed E-state index contributed by atoms with van der Waals surface area (Å²) in [4.78, 5) is 0. The molecule has 0 radical (unpaired) electrons. The number of hydrogen-bond acceptors (Lipinski definition) is 2. The molecular formula is C15H13BrO2. The lowest BCUT2D eigenvalue weighted by atomic mass is 10.1. The van der Waals surface area contributed by atoms with Crippen LogP contribution < -0.4 is 4.74 Å². The molecule has 2 aromatic rings. The molecule has 0 spiro atoms. The number of halogens is 1. The monoisotopic (exact) mass is 304 g/mol. The van der Waals surface area contributed by atoms with Crippen LogP contribution in [0.15, 0.2) is 46.9 Å². The molecule has 0 bridgehead atoms. The van der Waals surface area contributed by atoms with Crippen LogP contribution in [0.1, 0.15) is 11.1 Å². The molecule has 2 nitrogen and oxygen atoms in total. The number of phenols is 1. The molecule has 0 saturated heterocycles. The van der Waals surface area contributed by atoms with Gasteiger partial charge in [-0.15, -0.1) is 0 Å². The Hall–Kier alpha value is -1.74. The number of rotatable bonds is 3.